The quantitative estimate of drug-likeness (QED) is 0.468. The molecule has 0 aliphatic rings. The number of nitrogens with zero attached hydrogens (tertiary/aromatic N) is 3. The van der Waals surface area contributed by atoms with E-state index in [0.717, 1.165) is 6.42 Å². The zero-order valence-corrected chi connectivity index (χ0v) is 9.01. The molecule has 0 bridgehead atoms. The van der Waals surface area contributed by atoms with E-state index in [1.165, 1.54) is 19.2 Å². The maximum Gasteiger partial charge on any atom is 0.331 e. The molecule has 0 atom stereocenters. The van der Waals surface area contributed by atoms with Gasteiger partial charge in [0.25, 0.3) is 5.88 Å². The lowest BCUT2D eigenvalue weighted by Crippen LogP contribution is -1.99. The number of nitro groups is 1. The van der Waals surface area contributed by atoms with Crippen molar-refractivity contribution in [2.24, 2.45) is 5.10 Å². The summed E-state index contributed by atoms with van der Waals surface area (Å²) in [7, 11) is 1.33. The van der Waals surface area contributed by atoms with Crippen molar-refractivity contribution in [2.75, 3.05) is 12.5 Å². The van der Waals surface area contributed by atoms with E-state index in [-0.39, 0.29) is 11.6 Å². The van der Waals surface area contributed by atoms with Crippen molar-refractivity contribution >= 4 is 17.7 Å². The number of rotatable bonds is 5. The highest BCUT2D eigenvalue weighted by atomic mass is 16.6. The van der Waals surface area contributed by atoms with Crippen LogP contribution in [-0.2, 0) is 0 Å². The minimum absolute atomic E-state index is 0.0401. The largest absolute Gasteiger partial charge is 0.476 e. The topological polar surface area (TPSA) is 89.7 Å². The summed E-state index contributed by atoms with van der Waals surface area (Å²) < 4.78 is 4.81. The summed E-state index contributed by atoms with van der Waals surface area (Å²) in [6.07, 6.45) is 2.45. The van der Waals surface area contributed by atoms with Gasteiger partial charge in [0.2, 0.25) is 0 Å². The van der Waals surface area contributed by atoms with E-state index in [1.54, 1.807) is 6.21 Å². The zero-order chi connectivity index (χ0) is 12.0. The maximum absolute atomic E-state index is 10.6. The average Bonchev–Trinajstić information content (AvgIpc) is 2.29. The van der Waals surface area contributed by atoms with Gasteiger partial charge in [-0.05, 0) is 12.5 Å². The van der Waals surface area contributed by atoms with Gasteiger partial charge in [-0.2, -0.15) is 10.1 Å². The summed E-state index contributed by atoms with van der Waals surface area (Å²) in [5.74, 6) is 0.355. The molecule has 0 saturated heterocycles. The summed E-state index contributed by atoms with van der Waals surface area (Å²) in [5, 5.41) is 14.4. The molecule has 0 spiro atoms. The van der Waals surface area contributed by atoms with Gasteiger partial charge in [-0.15, -0.1) is 0 Å². The standard InChI is InChI=1S/C9H12N4O3/c1-3-6-10-12-8-5-4-7(13(14)15)9(11-8)16-2/h4-6H,3H2,1-2H3,(H,11,12)/b10-6+. The van der Waals surface area contributed by atoms with Gasteiger partial charge in [-0.1, -0.05) is 6.92 Å². The van der Waals surface area contributed by atoms with Crippen molar-refractivity contribution < 1.29 is 9.66 Å². The molecule has 0 amide bonds. The third kappa shape index (κ3) is 2.91. The van der Waals surface area contributed by atoms with E-state index in [9.17, 15) is 10.1 Å². The Labute approximate surface area is 92.3 Å². The van der Waals surface area contributed by atoms with Gasteiger partial charge in [0.1, 0.15) is 0 Å². The van der Waals surface area contributed by atoms with E-state index in [2.05, 4.69) is 15.5 Å². The smallest absolute Gasteiger partial charge is 0.331 e. The van der Waals surface area contributed by atoms with Crippen LogP contribution in [0, 0.1) is 10.1 Å². The first-order valence-electron chi connectivity index (χ1n) is 4.66. The Hall–Kier alpha value is -2.18. The van der Waals surface area contributed by atoms with Crippen LogP contribution in [0.1, 0.15) is 13.3 Å². The molecular weight excluding hydrogens is 212 g/mol. The molecule has 0 radical (unpaired) electrons. The number of methoxy groups -OCH3 is 1. The van der Waals surface area contributed by atoms with E-state index in [1.807, 2.05) is 6.92 Å². The minimum atomic E-state index is -0.551. The summed E-state index contributed by atoms with van der Waals surface area (Å²) in [6.45, 7) is 1.94. The number of hydrogen-bond acceptors (Lipinski definition) is 6. The monoisotopic (exact) mass is 224 g/mol. The van der Waals surface area contributed by atoms with E-state index in [0.29, 0.717) is 5.82 Å². The first-order chi connectivity index (χ1) is 7.69. The number of pyridine rings is 1. The fraction of sp³-hybridized carbons (Fsp3) is 0.333. The second-order valence-electron chi connectivity index (χ2n) is 2.81. The molecule has 16 heavy (non-hydrogen) atoms. The van der Waals surface area contributed by atoms with Crippen molar-refractivity contribution in [2.45, 2.75) is 13.3 Å². The normalized spacial score (nSPS) is 10.4. The minimum Gasteiger partial charge on any atom is -0.476 e. The SMILES string of the molecule is CC/C=N/Nc1ccc([N+](=O)[O-])c(OC)n1. The van der Waals surface area contributed by atoms with Crippen LogP contribution in [0.15, 0.2) is 17.2 Å². The van der Waals surface area contributed by atoms with Gasteiger partial charge < -0.3 is 4.74 Å². The molecular formula is C9H12N4O3. The molecule has 86 valence electrons. The predicted octanol–water partition coefficient (Wildman–Crippen LogP) is 1.81. The molecule has 0 saturated carbocycles. The Kier molecular flexibility index (Phi) is 4.19. The Morgan fingerprint density at radius 2 is 2.44 bits per heavy atom. The number of hydrogen-bond donors (Lipinski definition) is 1. The van der Waals surface area contributed by atoms with Crippen LogP contribution in [0.2, 0.25) is 0 Å². The lowest BCUT2D eigenvalue weighted by atomic mass is 10.4. The highest BCUT2D eigenvalue weighted by molar-refractivity contribution is 5.58. The van der Waals surface area contributed by atoms with Crippen LogP contribution in [-0.4, -0.2) is 23.2 Å². The maximum atomic E-state index is 10.6. The Morgan fingerprint density at radius 1 is 1.69 bits per heavy atom. The average molecular weight is 224 g/mol. The Balaban J connectivity index is 2.91. The molecule has 1 heterocycles. The Bertz CT molecular complexity index is 406. The van der Waals surface area contributed by atoms with Crippen molar-refractivity contribution in [1.82, 2.24) is 4.98 Å². The van der Waals surface area contributed by atoms with Crippen molar-refractivity contribution in [3.8, 4) is 5.88 Å². The molecule has 0 unspecified atom stereocenters. The number of anilines is 1. The summed E-state index contributed by atoms with van der Waals surface area (Å²) in [4.78, 5) is 13.9. The molecule has 7 nitrogen and oxygen atoms in total. The van der Waals surface area contributed by atoms with Crippen LogP contribution < -0.4 is 10.2 Å². The van der Waals surface area contributed by atoms with Crippen LogP contribution in [0.25, 0.3) is 0 Å². The predicted molar refractivity (Wildman–Crippen MR) is 59.8 cm³/mol. The van der Waals surface area contributed by atoms with Gasteiger partial charge in [-0.3, -0.25) is 15.5 Å². The third-order valence-electron chi connectivity index (χ3n) is 1.68. The fourth-order valence-electron chi connectivity index (χ4n) is 0.988. The van der Waals surface area contributed by atoms with Gasteiger partial charge >= 0.3 is 5.69 Å². The second-order valence-corrected chi connectivity index (χ2v) is 2.81. The number of aromatic nitrogens is 1. The van der Waals surface area contributed by atoms with E-state index >= 15 is 0 Å². The van der Waals surface area contributed by atoms with E-state index in [4.69, 9.17) is 4.74 Å². The molecule has 1 N–H and O–H groups in total. The third-order valence-corrected chi connectivity index (χ3v) is 1.68. The summed E-state index contributed by atoms with van der Waals surface area (Å²) in [5.41, 5.74) is 2.47. The van der Waals surface area contributed by atoms with Crippen LogP contribution in [0.3, 0.4) is 0 Å². The highest BCUT2D eigenvalue weighted by Crippen LogP contribution is 2.25. The van der Waals surface area contributed by atoms with Crippen LogP contribution >= 0.6 is 0 Å². The van der Waals surface area contributed by atoms with Gasteiger partial charge in [0.15, 0.2) is 5.82 Å². The molecule has 1 aromatic rings. The van der Waals surface area contributed by atoms with Gasteiger partial charge in [0, 0.05) is 12.3 Å². The highest BCUT2D eigenvalue weighted by Gasteiger charge is 2.16. The van der Waals surface area contributed by atoms with Crippen molar-refractivity contribution in [3.63, 3.8) is 0 Å². The fourth-order valence-corrected chi connectivity index (χ4v) is 0.988. The number of ether oxygens (including phenoxy) is 1. The van der Waals surface area contributed by atoms with Gasteiger partial charge in [-0.25, -0.2) is 0 Å². The van der Waals surface area contributed by atoms with Crippen molar-refractivity contribution in [1.29, 1.82) is 0 Å². The molecule has 0 aromatic carbocycles. The lowest BCUT2D eigenvalue weighted by molar-refractivity contribution is -0.386. The van der Waals surface area contributed by atoms with Crippen molar-refractivity contribution in [3.05, 3.63) is 22.2 Å². The van der Waals surface area contributed by atoms with Gasteiger partial charge in [0.05, 0.1) is 12.0 Å². The molecule has 1 rings (SSSR count). The molecule has 1 aromatic heterocycles. The first-order valence-corrected chi connectivity index (χ1v) is 4.66. The number of nitrogens with one attached hydrogen (secondary N) is 1. The zero-order valence-electron chi connectivity index (χ0n) is 9.01. The lowest BCUT2D eigenvalue weighted by Gasteiger charge is -2.03. The second kappa shape index (κ2) is 5.64. The molecule has 7 heteroatoms. The molecule has 0 aliphatic heterocycles. The Morgan fingerprint density at radius 3 is 3.00 bits per heavy atom. The molecule has 0 aliphatic carbocycles. The first kappa shape index (κ1) is 11.9. The van der Waals surface area contributed by atoms with E-state index < -0.39 is 4.92 Å². The van der Waals surface area contributed by atoms with Crippen LogP contribution in [0.5, 0.6) is 5.88 Å². The summed E-state index contributed by atoms with van der Waals surface area (Å²) in [6, 6.07) is 2.78. The number of hydrazone groups is 1. The summed E-state index contributed by atoms with van der Waals surface area (Å²) >= 11 is 0. The van der Waals surface area contributed by atoms with Crippen LogP contribution in [0.4, 0.5) is 11.5 Å². The molecule has 0 fully saturated rings.